The molecule has 0 spiro atoms. The van der Waals surface area contributed by atoms with E-state index >= 15 is 0 Å². The summed E-state index contributed by atoms with van der Waals surface area (Å²) < 4.78 is 21.5. The fraction of sp³-hybridized carbons (Fsp3) is 0.227. The third-order valence-electron chi connectivity index (χ3n) is 4.76. The van der Waals surface area contributed by atoms with Gasteiger partial charge in [-0.05, 0) is 44.2 Å². The summed E-state index contributed by atoms with van der Waals surface area (Å²) in [5.41, 5.74) is 3.63. The van der Waals surface area contributed by atoms with Crippen molar-refractivity contribution in [1.29, 1.82) is 0 Å². The first-order valence-corrected chi connectivity index (χ1v) is 10.3. The smallest absolute Gasteiger partial charge is 0.357 e. The zero-order valence-corrected chi connectivity index (χ0v) is 18.5. The summed E-state index contributed by atoms with van der Waals surface area (Å²) in [7, 11) is 1.78. The van der Waals surface area contributed by atoms with Gasteiger partial charge in [0.05, 0.1) is 34.4 Å². The number of hydrogen-bond acceptors (Lipinski definition) is 6. The highest BCUT2D eigenvalue weighted by atomic mass is 35.5. The number of benzene rings is 1. The molecule has 10 heteroatoms. The van der Waals surface area contributed by atoms with Gasteiger partial charge in [0, 0.05) is 25.1 Å². The Kier molecular flexibility index (Phi) is 6.00. The molecule has 0 amide bonds. The maximum atomic E-state index is 13.3. The molecule has 0 bridgehead atoms. The van der Waals surface area contributed by atoms with Crippen LogP contribution in [0.4, 0.5) is 4.39 Å². The summed E-state index contributed by atoms with van der Waals surface area (Å²) in [5.74, 6) is -0.376. The molecule has 4 rings (SSSR count). The Balaban J connectivity index is 1.66. The van der Waals surface area contributed by atoms with Gasteiger partial charge in [0.15, 0.2) is 11.5 Å². The highest BCUT2D eigenvalue weighted by Crippen LogP contribution is 2.31. The Labute approximate surface area is 188 Å². The molecule has 0 saturated carbocycles. The predicted molar refractivity (Wildman–Crippen MR) is 116 cm³/mol. The number of aryl methyl sites for hydroxylation is 2. The normalized spacial score (nSPS) is 11.0. The molecule has 0 aliphatic carbocycles. The lowest BCUT2D eigenvalue weighted by Gasteiger charge is -2.07. The van der Waals surface area contributed by atoms with E-state index in [0.717, 1.165) is 5.56 Å². The maximum Gasteiger partial charge on any atom is 0.357 e. The molecule has 32 heavy (non-hydrogen) atoms. The SMILES string of the molecule is CCOC(=O)c1cc(C)nn1-c1cc(Cc2nn(C)c(-c3ccc(F)cc3)c2Cl)ncn1. The molecular formula is C22H20ClFN6O2. The Hall–Kier alpha value is -3.59. The summed E-state index contributed by atoms with van der Waals surface area (Å²) in [6.45, 7) is 3.78. The number of nitrogens with zero attached hydrogens (tertiary/aromatic N) is 6. The minimum absolute atomic E-state index is 0.257. The molecule has 0 N–H and O–H groups in total. The number of hydrogen-bond donors (Lipinski definition) is 0. The molecule has 0 saturated heterocycles. The lowest BCUT2D eigenvalue weighted by Crippen LogP contribution is -2.13. The van der Waals surface area contributed by atoms with Gasteiger partial charge in [-0.3, -0.25) is 4.68 Å². The van der Waals surface area contributed by atoms with Crippen molar-refractivity contribution in [2.45, 2.75) is 20.3 Å². The van der Waals surface area contributed by atoms with Crippen LogP contribution in [-0.4, -0.2) is 42.1 Å². The van der Waals surface area contributed by atoms with Crippen molar-refractivity contribution >= 4 is 17.6 Å². The third-order valence-corrected chi connectivity index (χ3v) is 5.16. The Morgan fingerprint density at radius 2 is 1.91 bits per heavy atom. The second-order valence-electron chi connectivity index (χ2n) is 7.09. The Morgan fingerprint density at radius 3 is 2.62 bits per heavy atom. The first kappa shape index (κ1) is 21.6. The average molecular weight is 455 g/mol. The van der Waals surface area contributed by atoms with Gasteiger partial charge in [0.1, 0.15) is 12.1 Å². The van der Waals surface area contributed by atoms with E-state index in [1.807, 2.05) is 0 Å². The second kappa shape index (κ2) is 8.88. The standard InChI is InChI=1S/C22H20ClFN6O2/c1-4-32-22(31)18-9-13(2)27-30(18)19-11-16(25-12-26-19)10-17-20(23)21(29(3)28-17)14-5-7-15(24)8-6-14/h5-9,11-12H,4,10H2,1-3H3. The summed E-state index contributed by atoms with van der Waals surface area (Å²) >= 11 is 6.62. The number of esters is 1. The fourth-order valence-corrected chi connectivity index (χ4v) is 3.72. The van der Waals surface area contributed by atoms with E-state index < -0.39 is 5.97 Å². The van der Waals surface area contributed by atoms with Gasteiger partial charge in [-0.15, -0.1) is 0 Å². The molecule has 0 radical (unpaired) electrons. The van der Waals surface area contributed by atoms with Crippen LogP contribution in [0.3, 0.4) is 0 Å². The fourth-order valence-electron chi connectivity index (χ4n) is 3.38. The minimum atomic E-state index is -0.482. The van der Waals surface area contributed by atoms with Crippen LogP contribution in [0.2, 0.25) is 5.02 Å². The molecule has 0 aliphatic rings. The summed E-state index contributed by atoms with van der Waals surface area (Å²) in [4.78, 5) is 20.9. The van der Waals surface area contributed by atoms with Crippen LogP contribution in [-0.2, 0) is 18.2 Å². The number of rotatable bonds is 6. The van der Waals surface area contributed by atoms with Crippen molar-refractivity contribution in [3.63, 3.8) is 0 Å². The van der Waals surface area contributed by atoms with Crippen LogP contribution >= 0.6 is 11.6 Å². The molecular weight excluding hydrogens is 435 g/mol. The highest BCUT2D eigenvalue weighted by molar-refractivity contribution is 6.33. The van der Waals surface area contributed by atoms with Crippen molar-refractivity contribution in [2.24, 2.45) is 7.05 Å². The number of ether oxygens (including phenoxy) is 1. The van der Waals surface area contributed by atoms with E-state index in [9.17, 15) is 9.18 Å². The zero-order chi connectivity index (χ0) is 22.8. The van der Waals surface area contributed by atoms with Crippen molar-refractivity contribution in [2.75, 3.05) is 6.61 Å². The van der Waals surface area contributed by atoms with Crippen molar-refractivity contribution in [3.8, 4) is 17.1 Å². The van der Waals surface area contributed by atoms with E-state index in [-0.39, 0.29) is 18.1 Å². The zero-order valence-electron chi connectivity index (χ0n) is 17.7. The van der Waals surface area contributed by atoms with Gasteiger partial charge < -0.3 is 4.74 Å². The van der Waals surface area contributed by atoms with Crippen molar-refractivity contribution < 1.29 is 13.9 Å². The Bertz CT molecular complexity index is 1280. The van der Waals surface area contributed by atoms with Gasteiger partial charge in [0.2, 0.25) is 0 Å². The van der Waals surface area contributed by atoms with Gasteiger partial charge in [-0.1, -0.05) is 11.6 Å². The number of carbonyl (C=O) groups is 1. The first-order valence-electron chi connectivity index (χ1n) is 9.89. The van der Waals surface area contributed by atoms with Gasteiger partial charge in [-0.2, -0.15) is 10.2 Å². The summed E-state index contributed by atoms with van der Waals surface area (Å²) in [6, 6.07) is 9.43. The van der Waals surface area contributed by atoms with Gasteiger partial charge in [0.25, 0.3) is 0 Å². The largest absolute Gasteiger partial charge is 0.461 e. The highest BCUT2D eigenvalue weighted by Gasteiger charge is 2.20. The molecule has 3 aromatic heterocycles. The molecule has 1 aromatic carbocycles. The number of carbonyl (C=O) groups excluding carboxylic acids is 1. The van der Waals surface area contributed by atoms with Crippen molar-refractivity contribution in [1.82, 2.24) is 29.5 Å². The summed E-state index contributed by atoms with van der Waals surface area (Å²) in [5, 5.41) is 9.34. The van der Waals surface area contributed by atoms with Crippen LogP contribution in [0, 0.1) is 12.7 Å². The first-order chi connectivity index (χ1) is 15.4. The molecule has 0 fully saturated rings. The lowest BCUT2D eigenvalue weighted by molar-refractivity contribution is 0.0515. The molecule has 8 nitrogen and oxygen atoms in total. The van der Waals surface area contributed by atoms with Gasteiger partial charge >= 0.3 is 5.97 Å². The molecule has 0 atom stereocenters. The molecule has 4 aromatic rings. The molecule has 0 aliphatic heterocycles. The van der Waals surface area contributed by atoms with E-state index in [4.69, 9.17) is 16.3 Å². The maximum absolute atomic E-state index is 13.3. The quantitative estimate of drug-likeness (QED) is 0.410. The minimum Gasteiger partial charge on any atom is -0.461 e. The molecule has 0 unspecified atom stereocenters. The van der Waals surface area contributed by atoms with Crippen molar-refractivity contribution in [3.05, 3.63) is 76.3 Å². The summed E-state index contributed by atoms with van der Waals surface area (Å²) in [6.07, 6.45) is 1.73. The van der Waals surface area contributed by atoms with Crippen LogP contribution in [0.1, 0.15) is 34.5 Å². The average Bonchev–Trinajstić information content (AvgIpc) is 3.29. The van der Waals surface area contributed by atoms with E-state index in [2.05, 4.69) is 20.2 Å². The topological polar surface area (TPSA) is 87.7 Å². The number of halogens is 2. The predicted octanol–water partition coefficient (Wildman–Crippen LogP) is 3.93. The van der Waals surface area contributed by atoms with Crippen LogP contribution in [0.15, 0.2) is 42.7 Å². The Morgan fingerprint density at radius 1 is 1.16 bits per heavy atom. The van der Waals surface area contributed by atoms with E-state index in [0.29, 0.717) is 40.0 Å². The number of aromatic nitrogens is 6. The van der Waals surface area contributed by atoms with Crippen LogP contribution in [0.5, 0.6) is 0 Å². The third kappa shape index (κ3) is 4.24. The monoisotopic (exact) mass is 454 g/mol. The second-order valence-corrected chi connectivity index (χ2v) is 7.47. The van der Waals surface area contributed by atoms with Crippen LogP contribution < -0.4 is 0 Å². The van der Waals surface area contributed by atoms with Crippen LogP contribution in [0.25, 0.3) is 17.1 Å². The lowest BCUT2D eigenvalue weighted by atomic mass is 10.1. The van der Waals surface area contributed by atoms with E-state index in [1.165, 1.54) is 23.1 Å². The molecule has 3 heterocycles. The molecule has 164 valence electrons. The van der Waals surface area contributed by atoms with E-state index in [1.54, 1.807) is 49.8 Å². The van der Waals surface area contributed by atoms with Gasteiger partial charge in [-0.25, -0.2) is 23.8 Å².